The molecule has 0 saturated carbocycles. The molecule has 0 aliphatic heterocycles. The van der Waals surface area contributed by atoms with E-state index < -0.39 is 0 Å². The van der Waals surface area contributed by atoms with Crippen LogP contribution in [0.2, 0.25) is 0 Å². The Morgan fingerprint density at radius 3 is 2.08 bits per heavy atom. The van der Waals surface area contributed by atoms with Crippen molar-refractivity contribution >= 4 is 46.6 Å². The third-order valence-electron chi connectivity index (χ3n) is 3.24. The maximum atomic E-state index is 11.9. The van der Waals surface area contributed by atoms with Crippen LogP contribution < -0.4 is 20.7 Å². The lowest BCUT2D eigenvalue weighted by atomic mass is 10.2. The Labute approximate surface area is 157 Å². The van der Waals surface area contributed by atoms with Gasteiger partial charge in [-0.1, -0.05) is 12.1 Å². The molecule has 134 valence electrons. The molecule has 26 heavy (non-hydrogen) atoms. The molecule has 2 rings (SSSR count). The number of nitrogens with one attached hydrogen (secondary N) is 3. The van der Waals surface area contributed by atoms with Gasteiger partial charge in [-0.2, -0.15) is 0 Å². The Hall–Kier alpha value is -3.19. The van der Waals surface area contributed by atoms with E-state index in [1.807, 2.05) is 24.3 Å². The Morgan fingerprint density at radius 2 is 1.54 bits per heavy atom. The number of thiocarbonyl (C=S) groups is 1. The molecule has 0 radical (unpaired) electrons. The molecule has 2 aromatic rings. The molecule has 0 aliphatic rings. The average Bonchev–Trinajstić information content (AvgIpc) is 2.61. The number of methoxy groups -OCH3 is 1. The second-order valence-electron chi connectivity index (χ2n) is 5.31. The van der Waals surface area contributed by atoms with Gasteiger partial charge in [0.2, 0.25) is 11.8 Å². The number of amides is 2. The van der Waals surface area contributed by atoms with E-state index in [-0.39, 0.29) is 16.9 Å². The third kappa shape index (κ3) is 6.37. The Balaban J connectivity index is 1.85. The molecule has 2 amide bonds. The van der Waals surface area contributed by atoms with E-state index in [1.165, 1.54) is 13.0 Å². The van der Waals surface area contributed by atoms with E-state index in [2.05, 4.69) is 16.0 Å². The van der Waals surface area contributed by atoms with Crippen molar-refractivity contribution in [2.45, 2.75) is 6.92 Å². The zero-order chi connectivity index (χ0) is 18.9. The van der Waals surface area contributed by atoms with Crippen molar-refractivity contribution < 1.29 is 14.3 Å². The molecule has 0 unspecified atom stereocenters. The molecule has 0 fully saturated rings. The molecule has 0 heterocycles. The van der Waals surface area contributed by atoms with Gasteiger partial charge in [-0.15, -0.1) is 0 Å². The Bertz CT molecular complexity index is 815. The van der Waals surface area contributed by atoms with Gasteiger partial charge in [-0.3, -0.25) is 14.9 Å². The topological polar surface area (TPSA) is 79.5 Å². The highest BCUT2D eigenvalue weighted by molar-refractivity contribution is 7.80. The first-order chi connectivity index (χ1) is 12.5. The van der Waals surface area contributed by atoms with E-state index >= 15 is 0 Å². The van der Waals surface area contributed by atoms with Crippen LogP contribution in [0.25, 0.3) is 6.08 Å². The van der Waals surface area contributed by atoms with Gasteiger partial charge >= 0.3 is 0 Å². The summed E-state index contributed by atoms with van der Waals surface area (Å²) in [5.74, 6) is 0.270. The highest BCUT2D eigenvalue weighted by Crippen LogP contribution is 2.14. The van der Waals surface area contributed by atoms with Crippen LogP contribution in [0.3, 0.4) is 0 Å². The van der Waals surface area contributed by atoms with Gasteiger partial charge in [0.15, 0.2) is 5.11 Å². The van der Waals surface area contributed by atoms with E-state index in [1.54, 1.807) is 37.5 Å². The predicted octanol–water partition coefficient (Wildman–Crippen LogP) is 3.18. The van der Waals surface area contributed by atoms with Gasteiger partial charge in [-0.25, -0.2) is 0 Å². The smallest absolute Gasteiger partial charge is 0.250 e. The molecule has 7 heteroatoms. The number of ether oxygens (including phenoxy) is 1. The second kappa shape index (κ2) is 9.33. The Kier molecular flexibility index (Phi) is 6.87. The molecular weight excluding hydrogens is 350 g/mol. The number of hydrogen-bond donors (Lipinski definition) is 3. The predicted molar refractivity (Wildman–Crippen MR) is 107 cm³/mol. The summed E-state index contributed by atoms with van der Waals surface area (Å²) < 4.78 is 5.08. The van der Waals surface area contributed by atoms with Crippen molar-refractivity contribution in [2.75, 3.05) is 17.7 Å². The number of carbonyl (C=O) groups is 2. The minimum atomic E-state index is -0.340. The van der Waals surface area contributed by atoms with Crippen molar-refractivity contribution in [3.05, 3.63) is 60.2 Å². The minimum absolute atomic E-state index is 0.142. The van der Waals surface area contributed by atoms with Crippen LogP contribution >= 0.6 is 12.2 Å². The third-order valence-corrected chi connectivity index (χ3v) is 3.45. The number of anilines is 2. The van der Waals surface area contributed by atoms with Crippen LogP contribution in [0.5, 0.6) is 5.75 Å². The first kappa shape index (κ1) is 19.1. The highest BCUT2D eigenvalue weighted by Gasteiger charge is 2.02. The Morgan fingerprint density at radius 1 is 0.962 bits per heavy atom. The normalized spacial score (nSPS) is 10.2. The fraction of sp³-hybridized carbons (Fsp3) is 0.105. The molecule has 0 bridgehead atoms. The summed E-state index contributed by atoms with van der Waals surface area (Å²) in [7, 11) is 1.60. The summed E-state index contributed by atoms with van der Waals surface area (Å²) in [5.41, 5.74) is 2.25. The number of rotatable bonds is 5. The SMILES string of the molecule is COc1ccc(/C=C/C(=O)NC(=S)Nc2ccc(NC(C)=O)cc2)cc1. The number of hydrogen-bond acceptors (Lipinski definition) is 4. The largest absolute Gasteiger partial charge is 0.497 e. The molecule has 0 saturated heterocycles. The van der Waals surface area contributed by atoms with Crippen molar-refractivity contribution in [3.8, 4) is 5.75 Å². The summed E-state index contributed by atoms with van der Waals surface area (Å²) in [4.78, 5) is 22.9. The molecule has 2 aromatic carbocycles. The molecule has 3 N–H and O–H groups in total. The summed E-state index contributed by atoms with van der Waals surface area (Å²) in [6, 6.07) is 14.3. The zero-order valence-corrected chi connectivity index (χ0v) is 15.2. The number of benzene rings is 2. The molecule has 0 aromatic heterocycles. The van der Waals surface area contributed by atoms with Crippen LogP contribution in [0.4, 0.5) is 11.4 Å². The van der Waals surface area contributed by atoms with E-state index in [9.17, 15) is 9.59 Å². The second-order valence-corrected chi connectivity index (χ2v) is 5.72. The van der Waals surface area contributed by atoms with Crippen molar-refractivity contribution in [3.63, 3.8) is 0 Å². The maximum absolute atomic E-state index is 11.9. The van der Waals surface area contributed by atoms with Gasteiger partial charge in [0.05, 0.1) is 7.11 Å². The fourth-order valence-electron chi connectivity index (χ4n) is 2.04. The molecule has 0 atom stereocenters. The van der Waals surface area contributed by atoms with Gasteiger partial charge in [0.25, 0.3) is 0 Å². The molecular formula is C19H19N3O3S. The summed E-state index contributed by atoms with van der Waals surface area (Å²) >= 11 is 5.12. The van der Waals surface area contributed by atoms with Crippen LogP contribution in [-0.4, -0.2) is 24.0 Å². The lowest BCUT2D eigenvalue weighted by molar-refractivity contribution is -0.115. The summed E-state index contributed by atoms with van der Waals surface area (Å²) in [6.45, 7) is 1.44. The first-order valence-electron chi connectivity index (χ1n) is 7.78. The average molecular weight is 369 g/mol. The minimum Gasteiger partial charge on any atom is -0.497 e. The monoisotopic (exact) mass is 369 g/mol. The van der Waals surface area contributed by atoms with Crippen molar-refractivity contribution in [1.82, 2.24) is 5.32 Å². The zero-order valence-electron chi connectivity index (χ0n) is 14.4. The summed E-state index contributed by atoms with van der Waals surface area (Å²) in [6.07, 6.45) is 3.08. The van der Waals surface area contributed by atoms with Gasteiger partial charge in [0.1, 0.15) is 5.75 Å². The van der Waals surface area contributed by atoms with Crippen LogP contribution in [-0.2, 0) is 9.59 Å². The quantitative estimate of drug-likeness (QED) is 0.557. The first-order valence-corrected chi connectivity index (χ1v) is 8.19. The standard InChI is InChI=1S/C19H19N3O3S/c1-13(23)20-15-6-8-16(9-7-15)21-19(26)22-18(24)12-5-14-3-10-17(25-2)11-4-14/h3-12H,1-2H3,(H,20,23)(H2,21,22,24,26)/b12-5+. The van der Waals surface area contributed by atoms with E-state index in [0.717, 1.165) is 11.3 Å². The molecule has 0 spiro atoms. The lowest BCUT2D eigenvalue weighted by Gasteiger charge is -2.09. The van der Waals surface area contributed by atoms with Gasteiger partial charge in [-0.05, 0) is 60.3 Å². The van der Waals surface area contributed by atoms with Gasteiger partial charge in [0, 0.05) is 24.4 Å². The van der Waals surface area contributed by atoms with Crippen LogP contribution in [0.15, 0.2) is 54.6 Å². The highest BCUT2D eigenvalue weighted by atomic mass is 32.1. The lowest BCUT2D eigenvalue weighted by Crippen LogP contribution is -2.32. The van der Waals surface area contributed by atoms with E-state index in [0.29, 0.717) is 11.4 Å². The summed E-state index contributed by atoms with van der Waals surface area (Å²) in [5, 5.41) is 8.32. The maximum Gasteiger partial charge on any atom is 0.250 e. The van der Waals surface area contributed by atoms with Gasteiger partial charge < -0.3 is 15.4 Å². The van der Waals surface area contributed by atoms with E-state index in [4.69, 9.17) is 17.0 Å². The van der Waals surface area contributed by atoms with Crippen molar-refractivity contribution in [2.24, 2.45) is 0 Å². The molecule has 0 aliphatic carbocycles. The fourth-order valence-corrected chi connectivity index (χ4v) is 2.26. The van der Waals surface area contributed by atoms with Crippen LogP contribution in [0.1, 0.15) is 12.5 Å². The van der Waals surface area contributed by atoms with Crippen LogP contribution in [0, 0.1) is 0 Å². The molecule has 6 nitrogen and oxygen atoms in total. The number of carbonyl (C=O) groups excluding carboxylic acids is 2. The van der Waals surface area contributed by atoms with Crippen molar-refractivity contribution in [1.29, 1.82) is 0 Å².